The summed E-state index contributed by atoms with van der Waals surface area (Å²) < 4.78 is 4.84. The fraction of sp³-hybridized carbons (Fsp3) is 0.471. The predicted molar refractivity (Wildman–Crippen MR) is 80.6 cm³/mol. The highest BCUT2D eigenvalue weighted by Crippen LogP contribution is 2.20. The molecule has 0 N–H and O–H groups in total. The molecule has 2 rings (SSSR count). The summed E-state index contributed by atoms with van der Waals surface area (Å²) in [7, 11) is 1.44. The van der Waals surface area contributed by atoms with Crippen LogP contribution in [0.1, 0.15) is 25.3 Å². The number of methoxy groups -OCH3 is 1. The van der Waals surface area contributed by atoms with E-state index in [0.29, 0.717) is 5.92 Å². The first kappa shape index (κ1) is 14.6. The minimum absolute atomic E-state index is 0.132. The first-order valence-corrected chi connectivity index (χ1v) is 7.27. The second-order valence-electron chi connectivity index (χ2n) is 5.39. The highest BCUT2D eigenvalue weighted by Gasteiger charge is 2.25. The second-order valence-corrected chi connectivity index (χ2v) is 5.39. The summed E-state index contributed by atoms with van der Waals surface area (Å²) in [6, 6.07) is 10.7. The maximum Gasteiger partial charge on any atom is 0.409 e. The molecule has 0 saturated heterocycles. The largest absolute Gasteiger partial charge is 0.453 e. The van der Waals surface area contributed by atoms with Crippen molar-refractivity contribution in [3.63, 3.8) is 0 Å². The minimum atomic E-state index is -0.227. The fourth-order valence-electron chi connectivity index (χ4n) is 2.66. The van der Waals surface area contributed by atoms with Crippen molar-refractivity contribution in [3.8, 4) is 0 Å². The van der Waals surface area contributed by atoms with Crippen LogP contribution in [0.15, 0.2) is 42.5 Å². The van der Waals surface area contributed by atoms with Gasteiger partial charge in [-0.3, -0.25) is 0 Å². The molecular weight excluding hydrogens is 250 g/mol. The van der Waals surface area contributed by atoms with E-state index in [4.69, 9.17) is 4.74 Å². The van der Waals surface area contributed by atoms with E-state index in [9.17, 15) is 4.79 Å². The van der Waals surface area contributed by atoms with E-state index in [0.717, 1.165) is 25.8 Å². The average molecular weight is 273 g/mol. The van der Waals surface area contributed by atoms with Crippen LogP contribution in [0, 0.1) is 5.92 Å². The van der Waals surface area contributed by atoms with Crippen LogP contribution in [-0.2, 0) is 11.2 Å². The number of rotatable bonds is 4. The summed E-state index contributed by atoms with van der Waals surface area (Å²) in [5.74, 6) is 0.439. The maximum absolute atomic E-state index is 11.7. The highest BCUT2D eigenvalue weighted by molar-refractivity contribution is 5.68. The molecule has 3 nitrogen and oxygen atoms in total. The summed E-state index contributed by atoms with van der Waals surface area (Å²) in [5, 5.41) is 0. The van der Waals surface area contributed by atoms with E-state index in [1.807, 2.05) is 13.0 Å². The smallest absolute Gasteiger partial charge is 0.409 e. The Hall–Kier alpha value is -1.77. The zero-order valence-electron chi connectivity index (χ0n) is 12.3. The van der Waals surface area contributed by atoms with Gasteiger partial charge in [0.05, 0.1) is 13.2 Å². The second kappa shape index (κ2) is 7.13. The lowest BCUT2D eigenvalue weighted by Gasteiger charge is -2.32. The molecule has 2 unspecified atom stereocenters. The van der Waals surface area contributed by atoms with Crippen LogP contribution in [0.4, 0.5) is 4.79 Å². The predicted octanol–water partition coefficient (Wildman–Crippen LogP) is 3.65. The van der Waals surface area contributed by atoms with E-state index < -0.39 is 0 Å². The standard InChI is InChI=1S/C17H23NO2/c1-14-11-12-16(13-18(14)17(19)20-2)10-6-9-15-7-4-3-5-8-15/h3-5,7-8,11-12,14,16H,6,9-10,13H2,1-2H3. The van der Waals surface area contributed by atoms with Crippen LogP contribution < -0.4 is 0 Å². The normalized spacial score (nSPS) is 21.8. The van der Waals surface area contributed by atoms with Gasteiger partial charge >= 0.3 is 6.09 Å². The zero-order chi connectivity index (χ0) is 14.4. The SMILES string of the molecule is COC(=O)N1CC(CCCc2ccccc2)C=CC1C. The Morgan fingerprint density at radius 1 is 1.30 bits per heavy atom. The lowest BCUT2D eigenvalue weighted by atomic mass is 9.95. The van der Waals surface area contributed by atoms with Gasteiger partial charge in [0, 0.05) is 6.54 Å². The third-order valence-electron chi connectivity index (χ3n) is 3.88. The molecule has 0 radical (unpaired) electrons. The molecule has 1 aromatic rings. The zero-order valence-corrected chi connectivity index (χ0v) is 12.3. The molecule has 3 heteroatoms. The van der Waals surface area contributed by atoms with E-state index in [1.165, 1.54) is 12.7 Å². The van der Waals surface area contributed by atoms with E-state index in [-0.39, 0.29) is 12.1 Å². The number of carbonyl (C=O) groups excluding carboxylic acids is 1. The molecule has 1 aliphatic rings. The fourth-order valence-corrected chi connectivity index (χ4v) is 2.66. The maximum atomic E-state index is 11.7. The Kier molecular flexibility index (Phi) is 5.22. The van der Waals surface area contributed by atoms with Crippen LogP contribution in [0.2, 0.25) is 0 Å². The van der Waals surface area contributed by atoms with Gasteiger partial charge in [0.15, 0.2) is 0 Å². The quantitative estimate of drug-likeness (QED) is 0.784. The molecule has 20 heavy (non-hydrogen) atoms. The molecule has 0 aliphatic carbocycles. The van der Waals surface area contributed by atoms with Gasteiger partial charge in [-0.15, -0.1) is 0 Å². The third-order valence-corrected chi connectivity index (χ3v) is 3.88. The van der Waals surface area contributed by atoms with Crippen molar-refractivity contribution in [1.82, 2.24) is 4.90 Å². The van der Waals surface area contributed by atoms with Crippen molar-refractivity contribution >= 4 is 6.09 Å². The number of hydrogen-bond donors (Lipinski definition) is 0. The number of nitrogens with zero attached hydrogens (tertiary/aromatic N) is 1. The third kappa shape index (κ3) is 3.86. The molecular formula is C17H23NO2. The summed E-state index contributed by atoms with van der Waals surface area (Å²) in [4.78, 5) is 13.5. The Balaban J connectivity index is 1.82. The molecule has 0 bridgehead atoms. The van der Waals surface area contributed by atoms with Crippen LogP contribution >= 0.6 is 0 Å². The van der Waals surface area contributed by atoms with Crippen LogP contribution in [0.5, 0.6) is 0 Å². The van der Waals surface area contributed by atoms with Gasteiger partial charge in [0.25, 0.3) is 0 Å². The molecule has 1 aromatic carbocycles. The molecule has 0 aromatic heterocycles. The lowest BCUT2D eigenvalue weighted by molar-refractivity contribution is 0.107. The van der Waals surface area contributed by atoms with Crippen molar-refractivity contribution < 1.29 is 9.53 Å². The van der Waals surface area contributed by atoms with Crippen molar-refractivity contribution in [2.45, 2.75) is 32.2 Å². The molecule has 1 amide bonds. The Morgan fingerprint density at radius 3 is 2.75 bits per heavy atom. The monoisotopic (exact) mass is 273 g/mol. The number of amides is 1. The molecule has 108 valence electrons. The van der Waals surface area contributed by atoms with Gasteiger partial charge in [-0.2, -0.15) is 0 Å². The molecule has 1 aliphatic heterocycles. The van der Waals surface area contributed by atoms with Crippen molar-refractivity contribution in [3.05, 3.63) is 48.0 Å². The van der Waals surface area contributed by atoms with E-state index in [2.05, 4.69) is 36.4 Å². The highest BCUT2D eigenvalue weighted by atomic mass is 16.5. The van der Waals surface area contributed by atoms with Gasteiger partial charge in [-0.1, -0.05) is 42.5 Å². The molecule has 0 spiro atoms. The number of aryl methyl sites for hydroxylation is 1. The van der Waals surface area contributed by atoms with Crippen LogP contribution in [0.25, 0.3) is 0 Å². The Morgan fingerprint density at radius 2 is 2.05 bits per heavy atom. The number of benzene rings is 1. The molecule has 0 saturated carbocycles. The first-order chi connectivity index (χ1) is 9.70. The summed E-state index contributed by atoms with van der Waals surface area (Å²) in [6.45, 7) is 2.78. The Labute approximate surface area is 121 Å². The summed E-state index contributed by atoms with van der Waals surface area (Å²) in [6.07, 6.45) is 7.46. The number of hydrogen-bond acceptors (Lipinski definition) is 2. The topological polar surface area (TPSA) is 29.5 Å². The van der Waals surface area contributed by atoms with Crippen molar-refractivity contribution in [2.75, 3.05) is 13.7 Å². The summed E-state index contributed by atoms with van der Waals surface area (Å²) in [5.41, 5.74) is 1.38. The molecule has 2 atom stereocenters. The average Bonchev–Trinajstić information content (AvgIpc) is 2.49. The van der Waals surface area contributed by atoms with Crippen molar-refractivity contribution in [1.29, 1.82) is 0 Å². The Bertz CT molecular complexity index is 455. The van der Waals surface area contributed by atoms with Crippen molar-refractivity contribution in [2.24, 2.45) is 5.92 Å². The summed E-state index contributed by atoms with van der Waals surface area (Å²) >= 11 is 0. The van der Waals surface area contributed by atoms with Crippen LogP contribution in [-0.4, -0.2) is 30.7 Å². The molecule has 0 fully saturated rings. The molecule has 1 heterocycles. The van der Waals surface area contributed by atoms with Gasteiger partial charge < -0.3 is 9.64 Å². The van der Waals surface area contributed by atoms with Gasteiger partial charge in [-0.25, -0.2) is 4.79 Å². The van der Waals surface area contributed by atoms with Gasteiger partial charge in [0.1, 0.15) is 0 Å². The number of ether oxygens (including phenoxy) is 1. The van der Waals surface area contributed by atoms with E-state index >= 15 is 0 Å². The minimum Gasteiger partial charge on any atom is -0.453 e. The van der Waals surface area contributed by atoms with Gasteiger partial charge in [-0.05, 0) is 37.7 Å². The van der Waals surface area contributed by atoms with E-state index in [1.54, 1.807) is 4.90 Å². The van der Waals surface area contributed by atoms with Crippen LogP contribution in [0.3, 0.4) is 0 Å². The first-order valence-electron chi connectivity index (χ1n) is 7.27. The number of carbonyl (C=O) groups is 1. The van der Waals surface area contributed by atoms with Gasteiger partial charge in [0.2, 0.25) is 0 Å². The lowest BCUT2D eigenvalue weighted by Crippen LogP contribution is -2.43.